The summed E-state index contributed by atoms with van der Waals surface area (Å²) in [4.78, 5) is 0. The van der Waals surface area contributed by atoms with Gasteiger partial charge in [-0.3, -0.25) is 0 Å². The zero-order valence-electron chi connectivity index (χ0n) is 12.6. The second kappa shape index (κ2) is 7.79. The third-order valence-corrected chi connectivity index (χ3v) is 3.36. The van der Waals surface area contributed by atoms with Crippen molar-refractivity contribution < 1.29 is 9.13 Å². The predicted molar refractivity (Wildman–Crippen MR) is 84.1 cm³/mol. The average Bonchev–Trinajstić information content (AvgIpc) is 2.50. The van der Waals surface area contributed by atoms with Gasteiger partial charge in [0.1, 0.15) is 6.61 Å². The van der Waals surface area contributed by atoms with Crippen LogP contribution in [0.25, 0.3) is 0 Å². The Bertz CT molecular complexity index is 553. The first kappa shape index (κ1) is 15.5. The molecular weight excluding hydrogens is 265 g/mol. The molecule has 3 heteroatoms. The first-order chi connectivity index (χ1) is 10.2. The maximum Gasteiger partial charge on any atom is 0.165 e. The second-order valence-electron chi connectivity index (χ2n) is 5.16. The van der Waals surface area contributed by atoms with Gasteiger partial charge in [0.15, 0.2) is 11.6 Å². The number of hydrogen-bond donors (Lipinski definition) is 1. The summed E-state index contributed by atoms with van der Waals surface area (Å²) in [6.07, 6.45) is 1.04. The van der Waals surface area contributed by atoms with Gasteiger partial charge in [-0.2, -0.15) is 0 Å². The highest BCUT2D eigenvalue weighted by molar-refractivity contribution is 5.26. The fourth-order valence-corrected chi connectivity index (χ4v) is 2.13. The Morgan fingerprint density at radius 1 is 1.10 bits per heavy atom. The number of ether oxygens (including phenoxy) is 1. The van der Waals surface area contributed by atoms with E-state index in [4.69, 9.17) is 4.74 Å². The number of para-hydroxylation sites is 1. The fraction of sp³-hybridized carbons (Fsp3) is 0.333. The molecule has 0 spiro atoms. The van der Waals surface area contributed by atoms with E-state index < -0.39 is 0 Å². The molecule has 0 bridgehead atoms. The van der Waals surface area contributed by atoms with E-state index in [1.54, 1.807) is 18.2 Å². The molecule has 2 aromatic rings. The topological polar surface area (TPSA) is 21.3 Å². The van der Waals surface area contributed by atoms with Crippen LogP contribution in [0.5, 0.6) is 5.75 Å². The van der Waals surface area contributed by atoms with E-state index in [2.05, 4.69) is 43.4 Å². The number of hydrogen-bond acceptors (Lipinski definition) is 2. The van der Waals surface area contributed by atoms with E-state index in [0.717, 1.165) is 18.5 Å². The molecule has 112 valence electrons. The number of rotatable bonds is 7. The summed E-state index contributed by atoms with van der Waals surface area (Å²) in [7, 11) is 0. The van der Waals surface area contributed by atoms with Gasteiger partial charge in [-0.15, -0.1) is 0 Å². The molecular formula is C18H22FNO. The van der Waals surface area contributed by atoms with Gasteiger partial charge in [-0.25, -0.2) is 4.39 Å². The number of benzene rings is 2. The van der Waals surface area contributed by atoms with Crippen LogP contribution in [0.1, 0.15) is 30.5 Å². The summed E-state index contributed by atoms with van der Waals surface area (Å²) in [5, 5.41) is 3.45. The van der Waals surface area contributed by atoms with E-state index in [1.807, 2.05) is 0 Å². The Kier molecular flexibility index (Phi) is 5.76. The lowest BCUT2D eigenvalue weighted by Gasteiger charge is -2.20. The smallest absolute Gasteiger partial charge is 0.165 e. The molecule has 0 aliphatic carbocycles. The lowest BCUT2D eigenvalue weighted by molar-refractivity contribution is 0.255. The lowest BCUT2D eigenvalue weighted by atomic mass is 10.1. The Labute approximate surface area is 126 Å². The minimum Gasteiger partial charge on any atom is -0.489 e. The Hall–Kier alpha value is -1.87. The Morgan fingerprint density at radius 2 is 1.81 bits per heavy atom. The van der Waals surface area contributed by atoms with Gasteiger partial charge in [0, 0.05) is 0 Å². The summed E-state index contributed by atoms with van der Waals surface area (Å²) >= 11 is 0. The minimum atomic E-state index is -0.323. The number of nitrogens with one attached hydrogen (secondary N) is 1. The third-order valence-electron chi connectivity index (χ3n) is 3.36. The van der Waals surface area contributed by atoms with Gasteiger partial charge in [-0.1, -0.05) is 48.9 Å². The van der Waals surface area contributed by atoms with Gasteiger partial charge >= 0.3 is 0 Å². The highest BCUT2D eigenvalue weighted by atomic mass is 19.1. The lowest BCUT2D eigenvalue weighted by Crippen LogP contribution is -2.27. The molecule has 0 radical (unpaired) electrons. The van der Waals surface area contributed by atoms with Crippen LogP contribution in [0, 0.1) is 12.7 Å². The van der Waals surface area contributed by atoms with Gasteiger partial charge in [-0.05, 0) is 37.6 Å². The van der Waals surface area contributed by atoms with Gasteiger partial charge in [0.25, 0.3) is 0 Å². The van der Waals surface area contributed by atoms with Crippen molar-refractivity contribution in [1.29, 1.82) is 0 Å². The fourth-order valence-electron chi connectivity index (χ4n) is 2.13. The Morgan fingerprint density at radius 3 is 2.48 bits per heavy atom. The van der Waals surface area contributed by atoms with E-state index in [1.165, 1.54) is 11.6 Å². The van der Waals surface area contributed by atoms with E-state index in [0.29, 0.717) is 12.4 Å². The van der Waals surface area contributed by atoms with Crippen LogP contribution in [-0.2, 0) is 0 Å². The van der Waals surface area contributed by atoms with Crippen LogP contribution in [0.2, 0.25) is 0 Å². The van der Waals surface area contributed by atoms with Crippen molar-refractivity contribution in [2.75, 3.05) is 13.2 Å². The van der Waals surface area contributed by atoms with Crippen molar-refractivity contribution in [3.8, 4) is 5.75 Å². The number of aryl methyl sites for hydroxylation is 1. The first-order valence-corrected chi connectivity index (χ1v) is 7.38. The van der Waals surface area contributed by atoms with E-state index in [9.17, 15) is 4.39 Å². The molecule has 0 fully saturated rings. The highest BCUT2D eigenvalue weighted by Crippen LogP contribution is 2.19. The molecule has 0 amide bonds. The Balaban J connectivity index is 2.06. The first-order valence-electron chi connectivity index (χ1n) is 7.38. The average molecular weight is 287 g/mol. The monoisotopic (exact) mass is 287 g/mol. The molecule has 0 aliphatic heterocycles. The van der Waals surface area contributed by atoms with Gasteiger partial charge < -0.3 is 10.1 Å². The van der Waals surface area contributed by atoms with Crippen LogP contribution < -0.4 is 10.1 Å². The molecule has 2 rings (SSSR count). The molecule has 0 aromatic heterocycles. The van der Waals surface area contributed by atoms with Crippen LogP contribution in [0.15, 0.2) is 48.5 Å². The van der Waals surface area contributed by atoms with Crippen molar-refractivity contribution in [2.24, 2.45) is 0 Å². The zero-order chi connectivity index (χ0) is 15.1. The van der Waals surface area contributed by atoms with Crippen LogP contribution >= 0.6 is 0 Å². The molecule has 1 N–H and O–H groups in total. The van der Waals surface area contributed by atoms with E-state index >= 15 is 0 Å². The third kappa shape index (κ3) is 4.57. The number of halogens is 1. The molecule has 1 unspecified atom stereocenters. The maximum atomic E-state index is 13.6. The zero-order valence-corrected chi connectivity index (χ0v) is 12.6. The molecule has 1 atom stereocenters. The normalized spacial score (nSPS) is 12.1. The van der Waals surface area contributed by atoms with Crippen molar-refractivity contribution in [3.63, 3.8) is 0 Å². The molecule has 2 aromatic carbocycles. The molecule has 2 nitrogen and oxygen atoms in total. The minimum absolute atomic E-state index is 0.0603. The molecule has 0 aliphatic rings. The summed E-state index contributed by atoms with van der Waals surface area (Å²) < 4.78 is 19.2. The maximum absolute atomic E-state index is 13.6. The van der Waals surface area contributed by atoms with Crippen molar-refractivity contribution in [1.82, 2.24) is 5.32 Å². The van der Waals surface area contributed by atoms with Crippen LogP contribution in [0.3, 0.4) is 0 Å². The van der Waals surface area contributed by atoms with Gasteiger partial charge in [0.05, 0.1) is 6.04 Å². The van der Waals surface area contributed by atoms with Crippen LogP contribution in [0.4, 0.5) is 4.39 Å². The van der Waals surface area contributed by atoms with E-state index in [-0.39, 0.29) is 11.9 Å². The SMILES string of the molecule is CCCNC(COc1ccccc1F)c1ccc(C)cc1. The molecule has 0 saturated carbocycles. The second-order valence-corrected chi connectivity index (χ2v) is 5.16. The summed E-state index contributed by atoms with van der Waals surface area (Å²) in [6.45, 7) is 5.49. The van der Waals surface area contributed by atoms with Crippen LogP contribution in [-0.4, -0.2) is 13.2 Å². The van der Waals surface area contributed by atoms with Crippen molar-refractivity contribution in [3.05, 3.63) is 65.5 Å². The molecule has 0 heterocycles. The quantitative estimate of drug-likeness (QED) is 0.822. The standard InChI is InChI=1S/C18H22FNO/c1-3-12-20-17(15-10-8-14(2)9-11-15)13-21-18-7-5-4-6-16(18)19/h4-11,17,20H,3,12-13H2,1-2H3. The van der Waals surface area contributed by atoms with Crippen molar-refractivity contribution >= 4 is 0 Å². The predicted octanol–water partition coefficient (Wildman–Crippen LogP) is 4.25. The molecule has 21 heavy (non-hydrogen) atoms. The summed E-state index contributed by atoms with van der Waals surface area (Å²) in [5.41, 5.74) is 2.38. The largest absolute Gasteiger partial charge is 0.489 e. The molecule has 0 saturated heterocycles. The highest BCUT2D eigenvalue weighted by Gasteiger charge is 2.12. The van der Waals surface area contributed by atoms with Crippen molar-refractivity contribution in [2.45, 2.75) is 26.3 Å². The summed E-state index contributed by atoms with van der Waals surface area (Å²) in [6, 6.07) is 14.9. The summed E-state index contributed by atoms with van der Waals surface area (Å²) in [5.74, 6) is -0.0245. The van der Waals surface area contributed by atoms with Gasteiger partial charge in [0.2, 0.25) is 0 Å².